The Bertz CT molecular complexity index is 491. The third-order valence-corrected chi connectivity index (χ3v) is 3.54. The van der Waals surface area contributed by atoms with Crippen LogP contribution in [0.15, 0.2) is 54.6 Å². The highest BCUT2D eigenvalue weighted by Crippen LogP contribution is 2.16. The Morgan fingerprint density at radius 2 is 1.60 bits per heavy atom. The molecule has 0 saturated heterocycles. The largest absolute Gasteiger partial charge is 0.371 e. The van der Waals surface area contributed by atoms with E-state index in [-0.39, 0.29) is 0 Å². The molecule has 2 nitrogen and oxygen atoms in total. The zero-order chi connectivity index (χ0) is 14.2. The monoisotopic (exact) mass is 268 g/mol. The van der Waals surface area contributed by atoms with Crippen molar-refractivity contribution in [2.24, 2.45) is 5.73 Å². The van der Waals surface area contributed by atoms with Crippen LogP contribution in [0.1, 0.15) is 17.5 Å². The van der Waals surface area contributed by atoms with Crippen molar-refractivity contribution < 1.29 is 0 Å². The van der Waals surface area contributed by atoms with Gasteiger partial charge >= 0.3 is 0 Å². The SMILES string of the molecule is Cc1ccc(N(CCCN)CCc2ccccc2)cc1. The van der Waals surface area contributed by atoms with E-state index in [0.717, 1.165) is 32.5 Å². The zero-order valence-electron chi connectivity index (χ0n) is 12.3. The molecule has 2 heteroatoms. The van der Waals surface area contributed by atoms with Crippen LogP contribution in [0.4, 0.5) is 5.69 Å². The topological polar surface area (TPSA) is 29.3 Å². The predicted octanol–water partition coefficient (Wildman–Crippen LogP) is 3.39. The molecule has 2 N–H and O–H groups in total. The summed E-state index contributed by atoms with van der Waals surface area (Å²) >= 11 is 0. The molecule has 2 rings (SSSR count). The summed E-state index contributed by atoms with van der Waals surface area (Å²) in [6.45, 7) is 4.92. The van der Waals surface area contributed by atoms with Crippen LogP contribution < -0.4 is 10.6 Å². The van der Waals surface area contributed by atoms with E-state index in [1.807, 2.05) is 0 Å². The molecule has 0 atom stereocenters. The maximum atomic E-state index is 5.66. The highest BCUT2D eigenvalue weighted by molar-refractivity contribution is 5.47. The standard InChI is InChI=1S/C18H24N2/c1-16-8-10-18(11-9-16)20(14-5-13-19)15-12-17-6-3-2-4-7-17/h2-4,6-11H,5,12-15,19H2,1H3. The van der Waals surface area contributed by atoms with Gasteiger partial charge in [-0.3, -0.25) is 0 Å². The summed E-state index contributed by atoms with van der Waals surface area (Å²) in [5.74, 6) is 0. The second kappa shape index (κ2) is 7.71. The van der Waals surface area contributed by atoms with Crippen molar-refractivity contribution in [1.29, 1.82) is 0 Å². The van der Waals surface area contributed by atoms with Crippen LogP contribution in [0.2, 0.25) is 0 Å². The van der Waals surface area contributed by atoms with E-state index >= 15 is 0 Å². The Balaban J connectivity index is 2.01. The minimum absolute atomic E-state index is 0.744. The first-order valence-corrected chi connectivity index (χ1v) is 7.35. The predicted molar refractivity (Wildman–Crippen MR) is 87.2 cm³/mol. The van der Waals surface area contributed by atoms with Gasteiger partial charge in [0.1, 0.15) is 0 Å². The van der Waals surface area contributed by atoms with Gasteiger partial charge in [-0.2, -0.15) is 0 Å². The molecule has 0 bridgehead atoms. The lowest BCUT2D eigenvalue weighted by Gasteiger charge is -2.25. The van der Waals surface area contributed by atoms with Crippen LogP contribution in [0, 0.1) is 6.92 Å². The van der Waals surface area contributed by atoms with E-state index in [2.05, 4.69) is 66.4 Å². The first-order chi connectivity index (χ1) is 9.79. The molecule has 0 aliphatic heterocycles. The highest BCUT2D eigenvalue weighted by Gasteiger charge is 2.06. The fourth-order valence-corrected chi connectivity index (χ4v) is 2.32. The lowest BCUT2D eigenvalue weighted by molar-refractivity contribution is 0.729. The van der Waals surface area contributed by atoms with Gasteiger partial charge in [0.15, 0.2) is 0 Å². The Kier molecular flexibility index (Phi) is 5.63. The molecule has 0 saturated carbocycles. The molecule has 2 aromatic rings. The molecule has 0 fully saturated rings. The number of hydrogen-bond acceptors (Lipinski definition) is 2. The van der Waals surface area contributed by atoms with Crippen LogP contribution in [-0.4, -0.2) is 19.6 Å². The number of aryl methyl sites for hydroxylation is 1. The Hall–Kier alpha value is -1.80. The lowest BCUT2D eigenvalue weighted by atomic mass is 10.1. The second-order valence-electron chi connectivity index (χ2n) is 5.20. The van der Waals surface area contributed by atoms with Gasteiger partial charge in [-0.05, 0) is 44.0 Å². The fraction of sp³-hybridized carbons (Fsp3) is 0.333. The van der Waals surface area contributed by atoms with Crippen LogP contribution >= 0.6 is 0 Å². The van der Waals surface area contributed by atoms with E-state index in [1.54, 1.807) is 0 Å². The number of nitrogens with zero attached hydrogens (tertiary/aromatic N) is 1. The summed E-state index contributed by atoms with van der Waals surface area (Å²) in [5, 5.41) is 0. The maximum absolute atomic E-state index is 5.66. The molecule has 20 heavy (non-hydrogen) atoms. The Labute approximate surface area is 122 Å². The second-order valence-corrected chi connectivity index (χ2v) is 5.20. The van der Waals surface area contributed by atoms with Crippen molar-refractivity contribution >= 4 is 5.69 Å². The van der Waals surface area contributed by atoms with E-state index in [0.29, 0.717) is 0 Å². The van der Waals surface area contributed by atoms with Gasteiger partial charge in [0.25, 0.3) is 0 Å². The summed E-state index contributed by atoms with van der Waals surface area (Å²) in [4.78, 5) is 2.43. The number of benzene rings is 2. The molecular weight excluding hydrogens is 244 g/mol. The maximum Gasteiger partial charge on any atom is 0.0366 e. The molecule has 0 amide bonds. The molecule has 0 unspecified atom stereocenters. The number of rotatable bonds is 7. The minimum Gasteiger partial charge on any atom is -0.371 e. The van der Waals surface area contributed by atoms with Gasteiger partial charge < -0.3 is 10.6 Å². The molecule has 0 radical (unpaired) electrons. The Morgan fingerprint density at radius 1 is 0.900 bits per heavy atom. The van der Waals surface area contributed by atoms with Crippen LogP contribution in [0.3, 0.4) is 0 Å². The highest BCUT2D eigenvalue weighted by atomic mass is 15.1. The summed E-state index contributed by atoms with van der Waals surface area (Å²) < 4.78 is 0. The quantitative estimate of drug-likeness (QED) is 0.834. The third kappa shape index (κ3) is 4.39. The molecule has 0 aromatic heterocycles. The minimum atomic E-state index is 0.744. The number of anilines is 1. The van der Waals surface area contributed by atoms with E-state index < -0.39 is 0 Å². The van der Waals surface area contributed by atoms with Gasteiger partial charge in [-0.25, -0.2) is 0 Å². The Morgan fingerprint density at radius 3 is 2.25 bits per heavy atom. The fourth-order valence-electron chi connectivity index (χ4n) is 2.32. The van der Waals surface area contributed by atoms with Crippen LogP contribution in [-0.2, 0) is 6.42 Å². The van der Waals surface area contributed by atoms with Gasteiger partial charge in [0.2, 0.25) is 0 Å². The summed E-state index contributed by atoms with van der Waals surface area (Å²) in [5.41, 5.74) is 9.64. The van der Waals surface area contributed by atoms with Crippen molar-refractivity contribution in [3.8, 4) is 0 Å². The summed E-state index contributed by atoms with van der Waals surface area (Å²) in [6.07, 6.45) is 2.10. The normalized spacial score (nSPS) is 10.5. The van der Waals surface area contributed by atoms with Crippen molar-refractivity contribution in [3.05, 3.63) is 65.7 Å². The molecule has 106 valence electrons. The van der Waals surface area contributed by atoms with Gasteiger partial charge in [-0.15, -0.1) is 0 Å². The van der Waals surface area contributed by atoms with Crippen LogP contribution in [0.25, 0.3) is 0 Å². The average molecular weight is 268 g/mol. The smallest absolute Gasteiger partial charge is 0.0366 e. The van der Waals surface area contributed by atoms with Crippen molar-refractivity contribution in [1.82, 2.24) is 0 Å². The first kappa shape index (κ1) is 14.6. The lowest BCUT2D eigenvalue weighted by Crippen LogP contribution is -2.28. The van der Waals surface area contributed by atoms with Crippen molar-refractivity contribution in [2.45, 2.75) is 19.8 Å². The molecular formula is C18H24N2. The van der Waals surface area contributed by atoms with Gasteiger partial charge in [-0.1, -0.05) is 48.0 Å². The third-order valence-electron chi connectivity index (χ3n) is 3.54. The average Bonchev–Trinajstić information content (AvgIpc) is 2.50. The van der Waals surface area contributed by atoms with Crippen molar-refractivity contribution in [3.63, 3.8) is 0 Å². The first-order valence-electron chi connectivity index (χ1n) is 7.35. The summed E-state index contributed by atoms with van der Waals surface area (Å²) in [6, 6.07) is 19.4. The molecule has 0 aliphatic carbocycles. The summed E-state index contributed by atoms with van der Waals surface area (Å²) in [7, 11) is 0. The zero-order valence-corrected chi connectivity index (χ0v) is 12.3. The number of hydrogen-bond donors (Lipinski definition) is 1. The van der Waals surface area contributed by atoms with Crippen LogP contribution in [0.5, 0.6) is 0 Å². The molecule has 0 aliphatic rings. The van der Waals surface area contributed by atoms with Gasteiger partial charge in [0.05, 0.1) is 0 Å². The number of nitrogens with two attached hydrogens (primary N) is 1. The van der Waals surface area contributed by atoms with Crippen molar-refractivity contribution in [2.75, 3.05) is 24.5 Å². The molecule has 0 spiro atoms. The molecule has 0 heterocycles. The van der Waals surface area contributed by atoms with Gasteiger partial charge in [0, 0.05) is 18.8 Å². The van der Waals surface area contributed by atoms with E-state index in [4.69, 9.17) is 5.73 Å². The van der Waals surface area contributed by atoms with E-state index in [1.165, 1.54) is 16.8 Å². The van der Waals surface area contributed by atoms with E-state index in [9.17, 15) is 0 Å². The molecule has 2 aromatic carbocycles.